The van der Waals surface area contributed by atoms with Gasteiger partial charge in [0.15, 0.2) is 0 Å². The lowest BCUT2D eigenvalue weighted by Crippen LogP contribution is -1.93. The molecule has 2 aromatic carbocycles. The van der Waals surface area contributed by atoms with Gasteiger partial charge in [-0.05, 0) is 34.1 Å². The van der Waals surface area contributed by atoms with Gasteiger partial charge < -0.3 is 15.2 Å². The van der Waals surface area contributed by atoms with Crippen molar-refractivity contribution < 1.29 is 9.47 Å². The predicted molar refractivity (Wildman–Crippen MR) is 81.6 cm³/mol. The van der Waals surface area contributed by atoms with E-state index in [9.17, 15) is 0 Å². The van der Waals surface area contributed by atoms with Crippen LogP contribution in [0.15, 0.2) is 34.8 Å². The second kappa shape index (κ2) is 5.90. The van der Waals surface area contributed by atoms with Gasteiger partial charge in [-0.15, -0.1) is 0 Å². The molecule has 0 aliphatic carbocycles. The monoisotopic (exact) mass is 361 g/mol. The summed E-state index contributed by atoms with van der Waals surface area (Å²) in [7, 11) is 1.54. The summed E-state index contributed by atoms with van der Waals surface area (Å²) in [5, 5.41) is 0.967. The van der Waals surface area contributed by atoms with E-state index in [-0.39, 0.29) is 0 Å². The summed E-state index contributed by atoms with van der Waals surface area (Å²) in [6.07, 6.45) is 0. The molecule has 0 aliphatic heterocycles. The van der Waals surface area contributed by atoms with E-state index in [1.807, 2.05) is 0 Å². The molecular weight excluding hydrogens is 353 g/mol. The van der Waals surface area contributed by atoms with E-state index in [2.05, 4.69) is 15.9 Å². The third kappa shape index (κ3) is 3.26. The maximum atomic E-state index is 6.09. The Labute approximate surface area is 129 Å². The van der Waals surface area contributed by atoms with Crippen molar-refractivity contribution in [1.29, 1.82) is 0 Å². The summed E-state index contributed by atoms with van der Waals surface area (Å²) in [5.74, 6) is 1.56. The van der Waals surface area contributed by atoms with E-state index in [4.69, 9.17) is 38.4 Å². The molecule has 100 valence electrons. The Bertz CT molecular complexity index is 620. The van der Waals surface area contributed by atoms with Gasteiger partial charge in [-0.1, -0.05) is 23.2 Å². The van der Waals surface area contributed by atoms with Gasteiger partial charge in [0.1, 0.15) is 17.2 Å². The first-order valence-corrected chi connectivity index (χ1v) is 6.82. The third-order valence-corrected chi connectivity index (χ3v) is 3.90. The van der Waals surface area contributed by atoms with Crippen LogP contribution >= 0.6 is 39.1 Å². The molecule has 19 heavy (non-hydrogen) atoms. The van der Waals surface area contributed by atoms with E-state index in [0.29, 0.717) is 37.5 Å². The van der Waals surface area contributed by atoms with Gasteiger partial charge >= 0.3 is 0 Å². The van der Waals surface area contributed by atoms with E-state index in [1.165, 1.54) is 0 Å². The lowest BCUT2D eigenvalue weighted by molar-refractivity contribution is 0.411. The van der Waals surface area contributed by atoms with Crippen LogP contribution < -0.4 is 15.2 Å². The first-order valence-electron chi connectivity index (χ1n) is 5.27. The van der Waals surface area contributed by atoms with Crippen LogP contribution in [0.4, 0.5) is 5.69 Å². The van der Waals surface area contributed by atoms with E-state index >= 15 is 0 Å². The Hall–Kier alpha value is -1.10. The molecular formula is C13H10BrCl2NO2. The number of rotatable bonds is 3. The Kier molecular flexibility index (Phi) is 4.45. The smallest absolute Gasteiger partial charge is 0.147 e. The summed E-state index contributed by atoms with van der Waals surface area (Å²) in [6, 6.07) is 8.42. The number of nitrogens with two attached hydrogens (primary N) is 1. The Morgan fingerprint density at radius 3 is 2.47 bits per heavy atom. The molecule has 0 fully saturated rings. The average molecular weight is 363 g/mol. The zero-order valence-corrected chi connectivity index (χ0v) is 13.0. The molecule has 3 nitrogen and oxygen atoms in total. The van der Waals surface area contributed by atoms with Gasteiger partial charge in [0, 0.05) is 16.6 Å². The molecule has 0 saturated carbocycles. The quantitative estimate of drug-likeness (QED) is 0.607. The topological polar surface area (TPSA) is 44.5 Å². The lowest BCUT2D eigenvalue weighted by Gasteiger charge is -2.11. The van der Waals surface area contributed by atoms with Crippen molar-refractivity contribution in [1.82, 2.24) is 0 Å². The summed E-state index contributed by atoms with van der Waals surface area (Å²) in [6.45, 7) is 0. The third-order valence-electron chi connectivity index (χ3n) is 2.41. The summed E-state index contributed by atoms with van der Waals surface area (Å²) < 4.78 is 11.5. The minimum absolute atomic E-state index is 0.451. The molecule has 0 radical (unpaired) electrons. The van der Waals surface area contributed by atoms with Crippen LogP contribution in [-0.2, 0) is 0 Å². The molecule has 0 atom stereocenters. The molecule has 6 heteroatoms. The van der Waals surface area contributed by atoms with Crippen molar-refractivity contribution in [3.63, 3.8) is 0 Å². The van der Waals surface area contributed by atoms with Crippen molar-refractivity contribution in [2.75, 3.05) is 12.8 Å². The molecule has 0 unspecified atom stereocenters. The van der Waals surface area contributed by atoms with E-state index in [1.54, 1.807) is 37.4 Å². The van der Waals surface area contributed by atoms with Crippen LogP contribution in [0.5, 0.6) is 17.2 Å². The highest BCUT2D eigenvalue weighted by molar-refractivity contribution is 9.10. The van der Waals surface area contributed by atoms with Gasteiger partial charge in [-0.25, -0.2) is 0 Å². The van der Waals surface area contributed by atoms with Gasteiger partial charge in [0.05, 0.1) is 22.8 Å². The van der Waals surface area contributed by atoms with Crippen molar-refractivity contribution >= 4 is 44.8 Å². The normalized spacial score (nSPS) is 10.3. The van der Waals surface area contributed by atoms with Crippen LogP contribution in [0.25, 0.3) is 0 Å². The van der Waals surface area contributed by atoms with Crippen LogP contribution in [0.3, 0.4) is 0 Å². The van der Waals surface area contributed by atoms with E-state index < -0.39 is 0 Å². The fourth-order valence-corrected chi connectivity index (χ4v) is 2.30. The highest BCUT2D eigenvalue weighted by Crippen LogP contribution is 2.37. The van der Waals surface area contributed by atoms with E-state index in [0.717, 1.165) is 0 Å². The second-order valence-corrected chi connectivity index (χ2v) is 5.37. The van der Waals surface area contributed by atoms with Crippen molar-refractivity contribution in [2.24, 2.45) is 0 Å². The fourth-order valence-electron chi connectivity index (χ4n) is 1.46. The highest BCUT2D eigenvalue weighted by atomic mass is 79.9. The predicted octanol–water partition coefficient (Wildman–Crippen LogP) is 5.14. The molecule has 2 rings (SSSR count). The molecule has 0 amide bonds. The minimum Gasteiger partial charge on any atom is -0.494 e. The van der Waals surface area contributed by atoms with Crippen molar-refractivity contribution in [2.45, 2.75) is 0 Å². The van der Waals surface area contributed by atoms with Gasteiger partial charge in [0.2, 0.25) is 0 Å². The number of benzene rings is 2. The number of nitrogen functional groups attached to an aromatic ring is 1. The van der Waals surface area contributed by atoms with Crippen molar-refractivity contribution in [3.05, 3.63) is 44.8 Å². The number of anilines is 1. The van der Waals surface area contributed by atoms with Crippen molar-refractivity contribution in [3.8, 4) is 17.2 Å². The first kappa shape index (κ1) is 14.3. The number of methoxy groups -OCH3 is 1. The first-order chi connectivity index (χ1) is 9.01. The van der Waals surface area contributed by atoms with Gasteiger partial charge in [0.25, 0.3) is 0 Å². The zero-order chi connectivity index (χ0) is 14.0. The Morgan fingerprint density at radius 2 is 1.79 bits per heavy atom. The van der Waals surface area contributed by atoms with Crippen LogP contribution in [0.2, 0.25) is 10.0 Å². The molecule has 0 saturated heterocycles. The van der Waals surface area contributed by atoms with Crippen LogP contribution in [0.1, 0.15) is 0 Å². The largest absolute Gasteiger partial charge is 0.494 e. The highest BCUT2D eigenvalue weighted by Gasteiger charge is 2.09. The number of ether oxygens (including phenoxy) is 2. The molecule has 2 N–H and O–H groups in total. The SMILES string of the molecule is COc1cc(Oc2cc(Cl)c(Br)cc2Cl)ccc1N. The maximum Gasteiger partial charge on any atom is 0.147 e. The number of halogens is 3. The van der Waals surface area contributed by atoms with Gasteiger partial charge in [-0.3, -0.25) is 0 Å². The fraction of sp³-hybridized carbons (Fsp3) is 0.0769. The zero-order valence-electron chi connectivity index (χ0n) is 9.91. The lowest BCUT2D eigenvalue weighted by atomic mass is 10.3. The molecule has 0 spiro atoms. The molecule has 0 aromatic heterocycles. The van der Waals surface area contributed by atoms with Gasteiger partial charge in [-0.2, -0.15) is 0 Å². The average Bonchev–Trinajstić information content (AvgIpc) is 2.38. The standard InChI is InChI=1S/C13H10BrCl2NO2/c1-18-13-4-7(2-3-11(13)17)19-12-6-9(15)8(14)5-10(12)16/h2-6H,17H2,1H3. The maximum absolute atomic E-state index is 6.09. The van der Waals surface area contributed by atoms with Crippen LogP contribution in [-0.4, -0.2) is 7.11 Å². The minimum atomic E-state index is 0.451. The molecule has 0 aliphatic rings. The summed E-state index contributed by atoms with van der Waals surface area (Å²) in [5.41, 5.74) is 6.27. The molecule has 0 bridgehead atoms. The summed E-state index contributed by atoms with van der Waals surface area (Å²) in [4.78, 5) is 0. The Balaban J connectivity index is 2.33. The number of hydrogen-bond acceptors (Lipinski definition) is 3. The molecule has 2 aromatic rings. The Morgan fingerprint density at radius 1 is 1.05 bits per heavy atom. The summed E-state index contributed by atoms with van der Waals surface area (Å²) >= 11 is 15.4. The molecule has 0 heterocycles. The second-order valence-electron chi connectivity index (χ2n) is 3.70. The van der Waals surface area contributed by atoms with Crippen LogP contribution in [0, 0.1) is 0 Å². The number of hydrogen-bond donors (Lipinski definition) is 1.